The second-order valence-corrected chi connectivity index (χ2v) is 8.85. The SMILES string of the molecule is Cc1ccc([S@]2(=O)=Nc3ccccc3C(C)(C)[C@@H]2C)cc1. The molecule has 0 saturated carbocycles. The maximum atomic E-state index is 13.7. The Labute approximate surface area is 127 Å². The molecule has 1 aliphatic rings. The van der Waals surface area contributed by atoms with Gasteiger partial charge in [-0.2, -0.15) is 4.36 Å². The van der Waals surface area contributed by atoms with Crippen molar-refractivity contribution in [1.29, 1.82) is 0 Å². The first kappa shape index (κ1) is 14.3. The Morgan fingerprint density at radius 1 is 1.05 bits per heavy atom. The second-order valence-electron chi connectivity index (χ2n) is 6.35. The minimum absolute atomic E-state index is 0.0393. The zero-order valence-electron chi connectivity index (χ0n) is 13.0. The summed E-state index contributed by atoms with van der Waals surface area (Å²) >= 11 is 0. The van der Waals surface area contributed by atoms with Crippen molar-refractivity contribution in [2.24, 2.45) is 4.36 Å². The van der Waals surface area contributed by atoms with Crippen molar-refractivity contribution in [3.8, 4) is 0 Å². The molecule has 3 rings (SSSR count). The van der Waals surface area contributed by atoms with Gasteiger partial charge in [-0.05, 0) is 37.6 Å². The van der Waals surface area contributed by atoms with Crippen LogP contribution in [-0.2, 0) is 15.1 Å². The quantitative estimate of drug-likeness (QED) is 0.741. The van der Waals surface area contributed by atoms with Gasteiger partial charge in [0.25, 0.3) is 0 Å². The lowest BCUT2D eigenvalue weighted by Gasteiger charge is -2.38. The molecule has 0 saturated heterocycles. The molecule has 2 atom stereocenters. The summed E-state index contributed by atoms with van der Waals surface area (Å²) in [6.45, 7) is 8.43. The number of rotatable bonds is 1. The van der Waals surface area contributed by atoms with E-state index in [1.165, 1.54) is 11.1 Å². The Balaban J connectivity index is 2.30. The highest BCUT2D eigenvalue weighted by atomic mass is 32.2. The van der Waals surface area contributed by atoms with Crippen LogP contribution < -0.4 is 0 Å². The van der Waals surface area contributed by atoms with E-state index in [9.17, 15) is 4.21 Å². The molecule has 21 heavy (non-hydrogen) atoms. The van der Waals surface area contributed by atoms with E-state index in [4.69, 9.17) is 0 Å². The molecule has 0 bridgehead atoms. The number of hydrogen-bond acceptors (Lipinski definition) is 2. The molecule has 0 aliphatic carbocycles. The number of aryl methyl sites for hydroxylation is 1. The van der Waals surface area contributed by atoms with E-state index in [0.29, 0.717) is 0 Å². The minimum atomic E-state index is -2.46. The predicted octanol–water partition coefficient (Wildman–Crippen LogP) is 4.83. The number of benzene rings is 2. The van der Waals surface area contributed by atoms with Gasteiger partial charge in [0.05, 0.1) is 20.7 Å². The number of fused-ring (bicyclic) bond motifs is 1. The molecule has 2 aromatic rings. The summed E-state index contributed by atoms with van der Waals surface area (Å²) in [5.41, 5.74) is 3.06. The Bertz CT molecular complexity index is 796. The van der Waals surface area contributed by atoms with Crippen molar-refractivity contribution < 1.29 is 4.21 Å². The van der Waals surface area contributed by atoms with Gasteiger partial charge in [-0.3, -0.25) is 0 Å². The number of nitrogens with zero attached hydrogens (tertiary/aromatic N) is 1. The third-order valence-corrected chi connectivity index (χ3v) is 7.65. The van der Waals surface area contributed by atoms with Crippen LogP contribution in [0, 0.1) is 6.92 Å². The largest absolute Gasteiger partial charge is 0.244 e. The Morgan fingerprint density at radius 3 is 2.33 bits per heavy atom. The molecule has 0 radical (unpaired) electrons. The maximum absolute atomic E-state index is 13.7. The molecule has 0 aromatic heterocycles. The summed E-state index contributed by atoms with van der Waals surface area (Å²) in [5.74, 6) is 0. The van der Waals surface area contributed by atoms with Crippen LogP contribution >= 0.6 is 0 Å². The maximum Gasteiger partial charge on any atom is 0.0835 e. The molecular weight excluding hydrogens is 278 g/mol. The lowest BCUT2D eigenvalue weighted by atomic mass is 9.81. The molecule has 0 unspecified atom stereocenters. The Kier molecular flexibility index (Phi) is 3.21. The average molecular weight is 299 g/mol. The first-order valence-electron chi connectivity index (χ1n) is 7.28. The molecule has 1 aliphatic heterocycles. The molecule has 0 N–H and O–H groups in total. The lowest BCUT2D eigenvalue weighted by Crippen LogP contribution is -2.39. The smallest absolute Gasteiger partial charge is 0.0835 e. The first-order chi connectivity index (χ1) is 9.85. The Hall–Kier alpha value is -1.61. The van der Waals surface area contributed by atoms with Crippen molar-refractivity contribution in [2.75, 3.05) is 0 Å². The standard InChI is InChI=1S/C18H21NOS/c1-13-9-11-15(12-10-13)21(20)14(2)18(3,4)16-7-5-6-8-17(16)19-21/h5-12,14H,1-4H3/t14-,21-/m0/s1. The molecule has 2 nitrogen and oxygen atoms in total. The van der Waals surface area contributed by atoms with E-state index in [1.807, 2.05) is 49.4 Å². The van der Waals surface area contributed by atoms with Crippen LogP contribution in [0.5, 0.6) is 0 Å². The van der Waals surface area contributed by atoms with Gasteiger partial charge in [0.15, 0.2) is 0 Å². The highest BCUT2D eigenvalue weighted by Crippen LogP contribution is 2.45. The minimum Gasteiger partial charge on any atom is -0.244 e. The fraction of sp³-hybridized carbons (Fsp3) is 0.333. The molecular formula is C18H21NOS. The van der Waals surface area contributed by atoms with Crippen LogP contribution in [0.25, 0.3) is 0 Å². The van der Waals surface area contributed by atoms with Crippen LogP contribution in [0.3, 0.4) is 0 Å². The molecule has 0 amide bonds. The van der Waals surface area contributed by atoms with Gasteiger partial charge in [0, 0.05) is 10.3 Å². The van der Waals surface area contributed by atoms with Crippen molar-refractivity contribution in [3.05, 3.63) is 59.7 Å². The molecule has 3 heteroatoms. The lowest BCUT2D eigenvalue weighted by molar-refractivity contribution is 0.499. The normalized spacial score (nSPS) is 26.8. The molecule has 110 valence electrons. The topological polar surface area (TPSA) is 29.4 Å². The second kappa shape index (κ2) is 4.70. The first-order valence-corrected chi connectivity index (χ1v) is 8.86. The van der Waals surface area contributed by atoms with Gasteiger partial charge in [0.1, 0.15) is 0 Å². The van der Waals surface area contributed by atoms with Gasteiger partial charge in [0.2, 0.25) is 0 Å². The fourth-order valence-electron chi connectivity index (χ4n) is 2.93. The Morgan fingerprint density at radius 2 is 1.67 bits per heavy atom. The van der Waals surface area contributed by atoms with Gasteiger partial charge in [-0.15, -0.1) is 0 Å². The summed E-state index contributed by atoms with van der Waals surface area (Å²) < 4.78 is 18.3. The van der Waals surface area contributed by atoms with E-state index < -0.39 is 9.73 Å². The molecule has 0 fully saturated rings. The van der Waals surface area contributed by atoms with E-state index in [-0.39, 0.29) is 10.7 Å². The molecule has 2 aromatic carbocycles. The van der Waals surface area contributed by atoms with Gasteiger partial charge in [-0.25, -0.2) is 4.21 Å². The van der Waals surface area contributed by atoms with Crippen LogP contribution in [0.2, 0.25) is 0 Å². The van der Waals surface area contributed by atoms with Crippen LogP contribution in [0.1, 0.15) is 31.9 Å². The summed E-state index contributed by atoms with van der Waals surface area (Å²) in [7, 11) is -2.46. The zero-order chi connectivity index (χ0) is 15.3. The van der Waals surface area contributed by atoms with Gasteiger partial charge in [-0.1, -0.05) is 49.7 Å². The van der Waals surface area contributed by atoms with Crippen LogP contribution in [0.4, 0.5) is 5.69 Å². The molecule has 1 heterocycles. The van der Waals surface area contributed by atoms with Gasteiger partial charge < -0.3 is 0 Å². The summed E-state index contributed by atoms with van der Waals surface area (Å²) in [6, 6.07) is 16.0. The summed E-state index contributed by atoms with van der Waals surface area (Å²) in [6.07, 6.45) is 0. The average Bonchev–Trinajstić information content (AvgIpc) is 2.46. The highest BCUT2D eigenvalue weighted by Gasteiger charge is 2.41. The predicted molar refractivity (Wildman–Crippen MR) is 88.6 cm³/mol. The summed E-state index contributed by atoms with van der Waals surface area (Å²) in [4.78, 5) is 0.836. The third-order valence-electron chi connectivity index (χ3n) is 4.69. The van der Waals surface area contributed by atoms with E-state index in [0.717, 1.165) is 10.6 Å². The fourth-order valence-corrected chi connectivity index (χ4v) is 5.51. The monoisotopic (exact) mass is 299 g/mol. The zero-order valence-corrected chi connectivity index (χ0v) is 13.8. The third kappa shape index (κ3) is 2.11. The van der Waals surface area contributed by atoms with Crippen LogP contribution in [-0.4, -0.2) is 9.46 Å². The van der Waals surface area contributed by atoms with E-state index in [2.05, 4.69) is 31.2 Å². The van der Waals surface area contributed by atoms with Crippen LogP contribution in [0.15, 0.2) is 57.8 Å². The van der Waals surface area contributed by atoms with Crippen molar-refractivity contribution in [2.45, 2.75) is 43.3 Å². The van der Waals surface area contributed by atoms with Crippen molar-refractivity contribution >= 4 is 15.4 Å². The molecule has 0 spiro atoms. The van der Waals surface area contributed by atoms with Crippen molar-refractivity contribution in [1.82, 2.24) is 0 Å². The summed E-state index contributed by atoms with van der Waals surface area (Å²) in [5, 5.41) is -0.0393. The van der Waals surface area contributed by atoms with E-state index >= 15 is 0 Å². The van der Waals surface area contributed by atoms with Crippen molar-refractivity contribution in [3.63, 3.8) is 0 Å². The highest BCUT2D eigenvalue weighted by molar-refractivity contribution is 7.94. The number of hydrogen-bond donors (Lipinski definition) is 0. The van der Waals surface area contributed by atoms with E-state index in [1.54, 1.807) is 0 Å². The van der Waals surface area contributed by atoms with Gasteiger partial charge >= 0.3 is 0 Å².